The van der Waals surface area contributed by atoms with Gasteiger partial charge < -0.3 is 23.4 Å². The summed E-state index contributed by atoms with van der Waals surface area (Å²) in [6.07, 6.45) is 23.5. The van der Waals surface area contributed by atoms with E-state index in [-0.39, 0.29) is 19.0 Å². The zero-order valence-corrected chi connectivity index (χ0v) is 27.8. The van der Waals surface area contributed by atoms with E-state index in [1.165, 1.54) is 90.4 Å². The smallest absolute Gasteiger partial charge is 0.313 e. The number of ether oxygens (including phenoxy) is 2. The molecule has 0 spiro atoms. The number of hydrogen-bond acceptors (Lipinski definition) is 8. The molecule has 10 heteroatoms. The van der Waals surface area contributed by atoms with Crippen molar-refractivity contribution in [3.8, 4) is 0 Å². The van der Waals surface area contributed by atoms with E-state index < -0.39 is 32.9 Å². The van der Waals surface area contributed by atoms with Gasteiger partial charge in [-0.25, -0.2) is 4.57 Å². The van der Waals surface area contributed by atoms with Gasteiger partial charge in [0.25, 0.3) is 7.82 Å². The number of aromatic nitrogens is 1. The minimum absolute atomic E-state index is 0.0208. The molecular formula is C33H58NO8P. The summed E-state index contributed by atoms with van der Waals surface area (Å²) in [6.45, 7) is 4.13. The van der Waals surface area contributed by atoms with Gasteiger partial charge >= 0.3 is 5.97 Å². The predicted molar refractivity (Wildman–Crippen MR) is 166 cm³/mol. The van der Waals surface area contributed by atoms with Crippen molar-refractivity contribution < 1.29 is 42.1 Å². The van der Waals surface area contributed by atoms with Gasteiger partial charge in [-0.2, -0.15) is 0 Å². The van der Waals surface area contributed by atoms with Crippen LogP contribution in [-0.4, -0.2) is 44.3 Å². The fraction of sp³-hybridized carbons (Fsp3) is 0.788. The molecule has 43 heavy (non-hydrogen) atoms. The highest BCUT2D eigenvalue weighted by Crippen LogP contribution is 2.38. The summed E-state index contributed by atoms with van der Waals surface area (Å²) in [6, 6.07) is 5.67. The molecule has 248 valence electrons. The van der Waals surface area contributed by atoms with Crippen molar-refractivity contribution >= 4 is 19.6 Å². The van der Waals surface area contributed by atoms with Gasteiger partial charge in [0.2, 0.25) is 0 Å². The van der Waals surface area contributed by atoms with Gasteiger partial charge in [-0.1, -0.05) is 109 Å². The number of nitrogens with zero attached hydrogens (tertiary/aromatic N) is 1. The van der Waals surface area contributed by atoms with E-state index in [0.29, 0.717) is 19.6 Å². The van der Waals surface area contributed by atoms with Crippen LogP contribution >= 0.6 is 7.82 Å². The van der Waals surface area contributed by atoms with Gasteiger partial charge in [0.05, 0.1) is 19.8 Å². The third-order valence-corrected chi connectivity index (χ3v) is 8.11. The van der Waals surface area contributed by atoms with Crippen LogP contribution in [0.3, 0.4) is 0 Å². The molecule has 0 radical (unpaired) electrons. The Labute approximate surface area is 260 Å². The van der Waals surface area contributed by atoms with E-state index in [1.807, 2.05) is 35.2 Å². The van der Waals surface area contributed by atoms with E-state index in [9.17, 15) is 19.0 Å². The molecule has 1 aromatic rings. The van der Waals surface area contributed by atoms with Crippen LogP contribution < -0.4 is 9.46 Å². The van der Waals surface area contributed by atoms with Crippen molar-refractivity contribution in [2.45, 2.75) is 142 Å². The van der Waals surface area contributed by atoms with Crippen LogP contribution in [0.1, 0.15) is 129 Å². The number of pyridine rings is 1. The van der Waals surface area contributed by atoms with Crippen LogP contribution in [0.25, 0.3) is 0 Å². The topological polar surface area (TPSA) is 115 Å². The first-order chi connectivity index (χ1) is 20.8. The molecule has 0 aliphatic heterocycles. The Morgan fingerprint density at radius 1 is 0.721 bits per heavy atom. The van der Waals surface area contributed by atoms with Crippen LogP contribution in [0.5, 0.6) is 0 Å². The van der Waals surface area contributed by atoms with Crippen molar-refractivity contribution in [1.82, 2.24) is 0 Å². The summed E-state index contributed by atoms with van der Waals surface area (Å²) in [5.41, 5.74) is 0. The van der Waals surface area contributed by atoms with Gasteiger partial charge in [-0.3, -0.25) is 14.2 Å². The van der Waals surface area contributed by atoms with E-state index >= 15 is 0 Å². The maximum Gasteiger partial charge on any atom is 0.313 e. The number of esters is 1. The van der Waals surface area contributed by atoms with Gasteiger partial charge in [-0.15, -0.1) is 0 Å². The second-order valence-electron chi connectivity index (χ2n) is 11.4. The molecule has 0 bridgehead atoms. The molecule has 0 saturated carbocycles. The summed E-state index contributed by atoms with van der Waals surface area (Å²) in [5.74, 6) is -1.08. The van der Waals surface area contributed by atoms with Crippen LogP contribution in [-0.2, 0) is 39.2 Å². The highest BCUT2D eigenvalue weighted by Gasteiger charge is 2.20. The molecule has 0 amide bonds. The van der Waals surface area contributed by atoms with E-state index in [4.69, 9.17) is 18.5 Å². The molecule has 0 aliphatic carbocycles. The van der Waals surface area contributed by atoms with E-state index in [2.05, 4.69) is 6.92 Å². The molecule has 2 atom stereocenters. The molecule has 9 nitrogen and oxygen atoms in total. The number of ketones is 1. The van der Waals surface area contributed by atoms with Crippen LogP contribution in [0.4, 0.5) is 0 Å². The number of unbranched alkanes of at least 4 members (excludes halogenated alkanes) is 15. The van der Waals surface area contributed by atoms with E-state index in [1.54, 1.807) is 0 Å². The highest BCUT2D eigenvalue weighted by molar-refractivity contribution is 7.45. The second kappa shape index (κ2) is 26.7. The average Bonchev–Trinajstić information content (AvgIpc) is 2.97. The Balaban J connectivity index is 2.14. The largest absolute Gasteiger partial charge is 0.756 e. The van der Waals surface area contributed by atoms with Crippen molar-refractivity contribution in [3.63, 3.8) is 0 Å². The third-order valence-electron chi connectivity index (χ3n) is 7.14. The Morgan fingerprint density at radius 2 is 1.26 bits per heavy atom. The molecule has 1 rings (SSSR count). The Bertz CT molecular complexity index is 870. The normalized spacial score (nSPS) is 13.5. The maximum atomic E-state index is 12.2. The lowest BCUT2D eigenvalue weighted by molar-refractivity contribution is -0.697. The SMILES string of the molecule is CCCCCCCCCCCCCCCCCCOCC(COP(=O)([O-])OCCC[n+]1ccccc1)OC(=O)CC(C)=O. The molecule has 1 aromatic heterocycles. The summed E-state index contributed by atoms with van der Waals surface area (Å²) in [5, 5.41) is 0. The zero-order chi connectivity index (χ0) is 31.4. The molecule has 2 unspecified atom stereocenters. The molecular weight excluding hydrogens is 569 g/mol. The quantitative estimate of drug-likeness (QED) is 0.0293. The highest BCUT2D eigenvalue weighted by atomic mass is 31.2. The Hall–Kier alpha value is -1.64. The van der Waals surface area contributed by atoms with Crippen LogP contribution in [0.15, 0.2) is 30.6 Å². The van der Waals surface area contributed by atoms with E-state index in [0.717, 1.165) is 19.3 Å². The monoisotopic (exact) mass is 627 g/mol. The minimum atomic E-state index is -4.59. The second-order valence-corrected chi connectivity index (χ2v) is 12.8. The number of carbonyl (C=O) groups is 2. The number of hydrogen-bond donors (Lipinski definition) is 0. The van der Waals surface area contributed by atoms with Gasteiger partial charge in [0.15, 0.2) is 18.9 Å². The number of Topliss-reactive ketones (excluding diaryl/α,β-unsaturated/α-hetero) is 1. The molecule has 0 aromatic carbocycles. The third kappa shape index (κ3) is 25.4. The Kier molecular flexibility index (Phi) is 24.5. The average molecular weight is 628 g/mol. The number of phosphoric ester groups is 1. The lowest BCUT2D eigenvalue weighted by atomic mass is 10.0. The fourth-order valence-corrected chi connectivity index (χ4v) is 5.51. The van der Waals surface area contributed by atoms with Crippen molar-refractivity contribution in [1.29, 1.82) is 0 Å². The predicted octanol–water partition coefficient (Wildman–Crippen LogP) is 7.03. The zero-order valence-electron chi connectivity index (χ0n) is 26.9. The molecule has 0 N–H and O–H groups in total. The lowest BCUT2D eigenvalue weighted by Gasteiger charge is -2.25. The summed E-state index contributed by atoms with van der Waals surface area (Å²) < 4.78 is 34.9. The summed E-state index contributed by atoms with van der Waals surface area (Å²) >= 11 is 0. The lowest BCUT2D eigenvalue weighted by Crippen LogP contribution is -2.33. The number of phosphoric acid groups is 1. The minimum Gasteiger partial charge on any atom is -0.756 e. The van der Waals surface area contributed by atoms with Crippen molar-refractivity contribution in [3.05, 3.63) is 30.6 Å². The molecule has 0 fully saturated rings. The van der Waals surface area contributed by atoms with Crippen molar-refractivity contribution in [2.75, 3.05) is 26.4 Å². The standard InChI is InChI=1S/C33H58NO8P/c1-3-4-5-6-7-8-9-10-11-12-13-14-15-16-17-21-26-39-29-32(42-33(36)28-31(2)35)30-41-43(37,38)40-27-22-25-34-23-19-18-20-24-34/h18-20,23-24,32H,3-17,21-22,25-30H2,1-2H3. The summed E-state index contributed by atoms with van der Waals surface area (Å²) in [4.78, 5) is 35.4. The first kappa shape index (κ1) is 39.4. The molecule has 0 aliphatic rings. The van der Waals surface area contributed by atoms with Crippen LogP contribution in [0, 0.1) is 0 Å². The van der Waals surface area contributed by atoms with Crippen LogP contribution in [0.2, 0.25) is 0 Å². The first-order valence-corrected chi connectivity index (χ1v) is 18.1. The molecule has 1 heterocycles. The molecule has 0 saturated heterocycles. The number of aryl methyl sites for hydroxylation is 1. The van der Waals surface area contributed by atoms with Gasteiger partial charge in [-0.05, 0) is 13.3 Å². The fourth-order valence-electron chi connectivity index (χ4n) is 4.73. The first-order valence-electron chi connectivity index (χ1n) is 16.6. The summed E-state index contributed by atoms with van der Waals surface area (Å²) in [7, 11) is -4.59. The van der Waals surface area contributed by atoms with Crippen molar-refractivity contribution in [2.24, 2.45) is 0 Å². The number of carbonyl (C=O) groups excluding carboxylic acids is 2. The Morgan fingerprint density at radius 3 is 1.79 bits per heavy atom. The van der Waals surface area contributed by atoms with Gasteiger partial charge in [0, 0.05) is 25.2 Å². The number of rotatable bonds is 30. The van der Waals surface area contributed by atoms with Gasteiger partial charge in [0.1, 0.15) is 18.3 Å². The maximum absolute atomic E-state index is 12.2.